The number of nitrogens with one attached hydrogen (secondary N) is 1. The summed E-state index contributed by atoms with van der Waals surface area (Å²) >= 11 is 0. The van der Waals surface area contributed by atoms with Crippen molar-refractivity contribution in [3.63, 3.8) is 0 Å². The van der Waals surface area contributed by atoms with Crippen molar-refractivity contribution in [1.29, 1.82) is 0 Å². The lowest BCUT2D eigenvalue weighted by Crippen LogP contribution is -2.34. The Morgan fingerprint density at radius 1 is 1.50 bits per heavy atom. The quantitative estimate of drug-likeness (QED) is 0.760. The summed E-state index contributed by atoms with van der Waals surface area (Å²) < 4.78 is 5.08. The average molecular weight is 220 g/mol. The number of hydrogen-bond acceptors (Lipinski definition) is 3. The molecule has 1 aliphatic carbocycles. The van der Waals surface area contributed by atoms with Crippen LogP contribution in [-0.4, -0.2) is 18.6 Å². The van der Waals surface area contributed by atoms with E-state index < -0.39 is 0 Å². The lowest BCUT2D eigenvalue weighted by Gasteiger charge is -2.12. The summed E-state index contributed by atoms with van der Waals surface area (Å²) in [5.41, 5.74) is 6.80. The van der Waals surface area contributed by atoms with Gasteiger partial charge in [-0.1, -0.05) is 0 Å². The van der Waals surface area contributed by atoms with Crippen LogP contribution in [0.15, 0.2) is 18.2 Å². The van der Waals surface area contributed by atoms with E-state index in [4.69, 9.17) is 10.5 Å². The molecule has 0 atom stereocenters. The van der Waals surface area contributed by atoms with E-state index in [2.05, 4.69) is 5.32 Å². The first kappa shape index (κ1) is 10.8. The molecular weight excluding hydrogens is 204 g/mol. The molecule has 4 nitrogen and oxygen atoms in total. The van der Waals surface area contributed by atoms with E-state index in [1.807, 2.05) is 6.92 Å². The summed E-state index contributed by atoms with van der Waals surface area (Å²) in [5.74, 6) is 0.465. The molecule has 0 radical (unpaired) electrons. The van der Waals surface area contributed by atoms with Gasteiger partial charge < -0.3 is 15.8 Å². The molecule has 0 aliphatic heterocycles. The highest BCUT2D eigenvalue weighted by Crippen LogP contribution is 2.34. The third-order valence-corrected chi connectivity index (χ3v) is 2.91. The van der Waals surface area contributed by atoms with E-state index in [0.717, 1.165) is 12.8 Å². The number of amides is 1. The summed E-state index contributed by atoms with van der Waals surface area (Å²) in [7, 11) is 1.54. The van der Waals surface area contributed by atoms with Gasteiger partial charge in [0.15, 0.2) is 0 Å². The first-order valence-electron chi connectivity index (χ1n) is 5.30. The van der Waals surface area contributed by atoms with Crippen molar-refractivity contribution >= 4 is 11.6 Å². The van der Waals surface area contributed by atoms with Crippen LogP contribution in [0.3, 0.4) is 0 Å². The van der Waals surface area contributed by atoms with Crippen molar-refractivity contribution in [3.05, 3.63) is 23.8 Å². The van der Waals surface area contributed by atoms with Gasteiger partial charge in [-0.2, -0.15) is 0 Å². The molecule has 2 rings (SSSR count). The standard InChI is InChI=1S/C12H16N2O2/c1-12(5-6-12)14-11(15)8-3-4-9(13)10(7-8)16-2/h3-4,7H,5-6,13H2,1-2H3,(H,14,15). The number of hydrogen-bond donors (Lipinski definition) is 2. The smallest absolute Gasteiger partial charge is 0.251 e. The Hall–Kier alpha value is -1.71. The van der Waals surface area contributed by atoms with Crippen LogP contribution < -0.4 is 15.8 Å². The van der Waals surface area contributed by atoms with E-state index in [-0.39, 0.29) is 11.4 Å². The zero-order valence-electron chi connectivity index (χ0n) is 9.54. The molecule has 16 heavy (non-hydrogen) atoms. The van der Waals surface area contributed by atoms with Gasteiger partial charge in [-0.3, -0.25) is 4.79 Å². The van der Waals surface area contributed by atoms with Gasteiger partial charge in [0, 0.05) is 11.1 Å². The van der Waals surface area contributed by atoms with Crippen molar-refractivity contribution in [2.75, 3.05) is 12.8 Å². The highest BCUT2D eigenvalue weighted by Gasteiger charge is 2.38. The number of carbonyl (C=O) groups excluding carboxylic acids is 1. The van der Waals surface area contributed by atoms with Gasteiger partial charge in [0.05, 0.1) is 12.8 Å². The van der Waals surface area contributed by atoms with E-state index in [1.165, 1.54) is 7.11 Å². The van der Waals surface area contributed by atoms with Crippen molar-refractivity contribution in [2.45, 2.75) is 25.3 Å². The fourth-order valence-electron chi connectivity index (χ4n) is 1.51. The lowest BCUT2D eigenvalue weighted by molar-refractivity contribution is 0.0935. The topological polar surface area (TPSA) is 64.3 Å². The third-order valence-electron chi connectivity index (χ3n) is 2.91. The Morgan fingerprint density at radius 2 is 2.19 bits per heavy atom. The number of nitrogen functional groups attached to an aromatic ring is 1. The maximum absolute atomic E-state index is 11.9. The maximum Gasteiger partial charge on any atom is 0.251 e. The molecular formula is C12H16N2O2. The molecule has 1 aromatic rings. The minimum absolute atomic E-state index is 0.00823. The molecule has 1 amide bonds. The highest BCUT2D eigenvalue weighted by molar-refractivity contribution is 5.95. The highest BCUT2D eigenvalue weighted by atomic mass is 16.5. The summed E-state index contributed by atoms with van der Waals surface area (Å²) in [6, 6.07) is 5.05. The molecule has 3 N–H and O–H groups in total. The summed E-state index contributed by atoms with van der Waals surface area (Å²) in [6.45, 7) is 2.04. The van der Waals surface area contributed by atoms with Gasteiger partial charge >= 0.3 is 0 Å². The Labute approximate surface area is 94.8 Å². The van der Waals surface area contributed by atoms with Crippen molar-refractivity contribution < 1.29 is 9.53 Å². The fourth-order valence-corrected chi connectivity index (χ4v) is 1.51. The third kappa shape index (κ3) is 2.10. The summed E-state index contributed by atoms with van der Waals surface area (Å²) in [5, 5.41) is 2.98. The van der Waals surface area contributed by atoms with Crippen molar-refractivity contribution in [2.24, 2.45) is 0 Å². The predicted octanol–water partition coefficient (Wildman–Crippen LogP) is 1.56. The SMILES string of the molecule is COc1cc(C(=O)NC2(C)CC2)ccc1N. The zero-order valence-corrected chi connectivity index (χ0v) is 9.54. The Kier molecular flexibility index (Phi) is 2.50. The number of methoxy groups -OCH3 is 1. The number of ether oxygens (including phenoxy) is 1. The van der Waals surface area contributed by atoms with Gasteiger partial charge in [0.2, 0.25) is 0 Å². The molecule has 0 bridgehead atoms. The van der Waals surface area contributed by atoms with Gasteiger partial charge in [0.25, 0.3) is 5.91 Å². The molecule has 0 heterocycles. The van der Waals surface area contributed by atoms with Crippen LogP contribution in [0.25, 0.3) is 0 Å². The van der Waals surface area contributed by atoms with Crippen LogP contribution in [0, 0.1) is 0 Å². The van der Waals surface area contributed by atoms with Crippen molar-refractivity contribution in [1.82, 2.24) is 5.32 Å². The second-order valence-electron chi connectivity index (χ2n) is 4.47. The van der Waals surface area contributed by atoms with Crippen LogP contribution in [0.4, 0.5) is 5.69 Å². The van der Waals surface area contributed by atoms with Crippen LogP contribution in [0.5, 0.6) is 5.75 Å². The second-order valence-corrected chi connectivity index (χ2v) is 4.47. The van der Waals surface area contributed by atoms with E-state index in [1.54, 1.807) is 18.2 Å². The summed E-state index contributed by atoms with van der Waals surface area (Å²) in [4.78, 5) is 11.9. The van der Waals surface area contributed by atoms with Gasteiger partial charge in [-0.05, 0) is 38.0 Å². The van der Waals surface area contributed by atoms with Crippen LogP contribution in [-0.2, 0) is 0 Å². The molecule has 4 heteroatoms. The van der Waals surface area contributed by atoms with Gasteiger partial charge in [-0.25, -0.2) is 0 Å². The minimum Gasteiger partial charge on any atom is -0.495 e. The molecule has 1 aliphatic rings. The van der Waals surface area contributed by atoms with Gasteiger partial charge in [0.1, 0.15) is 5.75 Å². The number of rotatable bonds is 3. The second kappa shape index (κ2) is 3.70. The maximum atomic E-state index is 11.9. The summed E-state index contributed by atoms with van der Waals surface area (Å²) in [6.07, 6.45) is 2.09. The monoisotopic (exact) mass is 220 g/mol. The lowest BCUT2D eigenvalue weighted by atomic mass is 10.1. The van der Waals surface area contributed by atoms with E-state index in [9.17, 15) is 4.79 Å². The largest absolute Gasteiger partial charge is 0.495 e. The molecule has 0 spiro atoms. The number of benzene rings is 1. The predicted molar refractivity (Wildman–Crippen MR) is 62.5 cm³/mol. The normalized spacial score (nSPS) is 16.6. The first-order valence-corrected chi connectivity index (χ1v) is 5.30. The molecule has 1 aromatic carbocycles. The van der Waals surface area contributed by atoms with Crippen LogP contribution in [0.1, 0.15) is 30.1 Å². The Bertz CT molecular complexity index is 425. The number of nitrogens with two attached hydrogens (primary N) is 1. The Morgan fingerprint density at radius 3 is 2.75 bits per heavy atom. The van der Waals surface area contributed by atoms with Crippen LogP contribution >= 0.6 is 0 Å². The number of carbonyl (C=O) groups is 1. The van der Waals surface area contributed by atoms with E-state index >= 15 is 0 Å². The molecule has 86 valence electrons. The first-order chi connectivity index (χ1) is 7.54. The molecule has 0 saturated heterocycles. The van der Waals surface area contributed by atoms with Crippen molar-refractivity contribution in [3.8, 4) is 5.75 Å². The fraction of sp³-hybridized carbons (Fsp3) is 0.417. The molecule has 0 unspecified atom stereocenters. The average Bonchev–Trinajstić information content (AvgIpc) is 2.96. The number of anilines is 1. The molecule has 1 saturated carbocycles. The van der Waals surface area contributed by atoms with E-state index in [0.29, 0.717) is 17.0 Å². The molecule has 0 aromatic heterocycles. The van der Waals surface area contributed by atoms with Gasteiger partial charge in [-0.15, -0.1) is 0 Å². The van der Waals surface area contributed by atoms with Crippen LogP contribution in [0.2, 0.25) is 0 Å². The Balaban J connectivity index is 2.16. The zero-order chi connectivity index (χ0) is 11.8. The molecule has 1 fully saturated rings. The minimum atomic E-state index is -0.0710.